The number of allylic oxidation sites excluding steroid dienone is 1. The van der Waals surface area contributed by atoms with Gasteiger partial charge in [-0.25, -0.2) is 0 Å². The quantitative estimate of drug-likeness (QED) is 0.310. The summed E-state index contributed by atoms with van der Waals surface area (Å²) in [6.07, 6.45) is 0.961. The fraction of sp³-hybridized carbons (Fsp3) is 0.538. The fourth-order valence-corrected chi connectivity index (χ4v) is 2.28. The molecular weight excluding hydrogens is 323 g/mol. The van der Waals surface area contributed by atoms with Gasteiger partial charge in [-0.2, -0.15) is 0 Å². The summed E-state index contributed by atoms with van der Waals surface area (Å²) in [6, 6.07) is 0. The Hall–Kier alpha value is -1.67. The predicted octanol–water partition coefficient (Wildman–Crippen LogP) is -1.74. The molecule has 0 spiro atoms. The summed E-state index contributed by atoms with van der Waals surface area (Å²) in [5.74, 6) is 0.0485. The minimum atomic E-state index is -3.87. The highest BCUT2D eigenvalue weighted by molar-refractivity contribution is 7.51. The smallest absolute Gasteiger partial charge is 0.338 e. The molecule has 4 N–H and O–H groups in total. The van der Waals surface area contributed by atoms with E-state index in [0.29, 0.717) is 17.1 Å². The van der Waals surface area contributed by atoms with Gasteiger partial charge in [0.1, 0.15) is 11.4 Å². The first-order valence-corrected chi connectivity index (χ1v) is 9.16. The maximum absolute atomic E-state index is 12.4. The summed E-state index contributed by atoms with van der Waals surface area (Å²) < 4.78 is 9.57. The Labute approximate surface area is 133 Å². The third-order valence-corrected chi connectivity index (χ3v) is 4.20. The van der Waals surface area contributed by atoms with Crippen molar-refractivity contribution in [3.63, 3.8) is 0 Å². The Morgan fingerprint density at radius 1 is 0.957 bits per heavy atom. The lowest BCUT2D eigenvalue weighted by Gasteiger charge is -2.21. The van der Waals surface area contributed by atoms with Gasteiger partial charge in [-0.05, 0) is 0 Å². The normalized spacial score (nSPS) is 22.7. The summed E-state index contributed by atoms with van der Waals surface area (Å²) >= 11 is 0. The molecule has 3 aliphatic heterocycles. The SMILES string of the molecule is NCP(=O)(O)O.O=C1C=C(N2CC2)C(=O)C(N2CC2)=C1N1CC1. The number of hydrogen-bond acceptors (Lipinski definition) is 7. The van der Waals surface area contributed by atoms with Crippen LogP contribution in [0.4, 0.5) is 0 Å². The molecule has 4 aliphatic rings. The number of carbonyl (C=O) groups excluding carboxylic acids is 2. The number of carbonyl (C=O) groups is 2. The molecule has 0 saturated carbocycles. The molecule has 0 atom stereocenters. The minimum absolute atomic E-state index is 0.00546. The second-order valence-electron chi connectivity index (χ2n) is 5.73. The molecular formula is C13H19N4O5P. The number of nitrogens with zero attached hydrogens (tertiary/aromatic N) is 3. The maximum Gasteiger partial charge on any atom is 0.338 e. The molecule has 0 unspecified atom stereocenters. The molecule has 4 rings (SSSR count). The zero-order valence-electron chi connectivity index (χ0n) is 12.5. The van der Waals surface area contributed by atoms with E-state index >= 15 is 0 Å². The van der Waals surface area contributed by atoms with E-state index in [4.69, 9.17) is 9.79 Å². The number of ketones is 2. The van der Waals surface area contributed by atoms with Crippen LogP contribution in [-0.2, 0) is 14.2 Å². The van der Waals surface area contributed by atoms with Crippen molar-refractivity contribution >= 4 is 19.2 Å². The average molecular weight is 342 g/mol. The number of hydrogen-bond donors (Lipinski definition) is 3. The van der Waals surface area contributed by atoms with E-state index in [1.807, 2.05) is 14.7 Å². The molecule has 0 aromatic heterocycles. The van der Waals surface area contributed by atoms with Crippen molar-refractivity contribution in [3.05, 3.63) is 23.2 Å². The lowest BCUT2D eigenvalue weighted by atomic mass is 10.0. The topological polar surface area (TPSA) is 127 Å². The highest BCUT2D eigenvalue weighted by atomic mass is 31.2. The summed E-state index contributed by atoms with van der Waals surface area (Å²) in [6.45, 7) is 5.41. The molecule has 23 heavy (non-hydrogen) atoms. The van der Waals surface area contributed by atoms with Crippen LogP contribution in [-0.4, -0.2) is 81.6 Å². The Balaban J connectivity index is 0.000000227. The standard InChI is InChI=1S/C12H13N3O2.CH6NO3P/c16-9-7-8(13-1-2-13)12(17)11(15-5-6-15)10(9)14-3-4-14;2-1-6(3,4)5/h7H,1-6H2;1-2H2,(H2,3,4,5). The number of Topliss-reactive ketones (excluding diaryl/α,β-unsaturated/α-hetero) is 1. The highest BCUT2D eigenvalue weighted by Crippen LogP contribution is 2.34. The van der Waals surface area contributed by atoms with Gasteiger partial charge in [-0.15, -0.1) is 0 Å². The van der Waals surface area contributed by atoms with E-state index in [1.54, 1.807) is 0 Å². The molecule has 126 valence electrons. The van der Waals surface area contributed by atoms with Crippen molar-refractivity contribution in [2.45, 2.75) is 0 Å². The van der Waals surface area contributed by atoms with Crippen LogP contribution in [0.3, 0.4) is 0 Å². The molecule has 0 aromatic carbocycles. The summed E-state index contributed by atoms with van der Waals surface area (Å²) in [5.41, 5.74) is 6.43. The van der Waals surface area contributed by atoms with Crippen LogP contribution in [0.5, 0.6) is 0 Å². The first-order valence-electron chi connectivity index (χ1n) is 7.36. The van der Waals surface area contributed by atoms with Crippen LogP contribution in [0.25, 0.3) is 0 Å². The van der Waals surface area contributed by atoms with E-state index in [2.05, 4.69) is 5.73 Å². The van der Waals surface area contributed by atoms with E-state index in [1.165, 1.54) is 6.08 Å². The van der Waals surface area contributed by atoms with Gasteiger partial charge in [0, 0.05) is 45.3 Å². The summed E-state index contributed by atoms with van der Waals surface area (Å²) in [4.78, 5) is 46.1. The van der Waals surface area contributed by atoms with Crippen LogP contribution in [0, 0.1) is 0 Å². The van der Waals surface area contributed by atoms with Crippen molar-refractivity contribution in [1.29, 1.82) is 0 Å². The molecule has 9 nitrogen and oxygen atoms in total. The molecule has 3 fully saturated rings. The third-order valence-electron chi connectivity index (χ3n) is 3.73. The lowest BCUT2D eigenvalue weighted by molar-refractivity contribution is -0.117. The Bertz CT molecular complexity index is 655. The van der Waals surface area contributed by atoms with Gasteiger partial charge < -0.3 is 30.2 Å². The van der Waals surface area contributed by atoms with Crippen molar-refractivity contribution in [2.24, 2.45) is 5.73 Å². The van der Waals surface area contributed by atoms with E-state index in [9.17, 15) is 14.2 Å². The molecule has 10 heteroatoms. The zero-order valence-corrected chi connectivity index (χ0v) is 13.4. The predicted molar refractivity (Wildman–Crippen MR) is 80.9 cm³/mol. The molecule has 3 saturated heterocycles. The van der Waals surface area contributed by atoms with Gasteiger partial charge in [0.2, 0.25) is 11.6 Å². The van der Waals surface area contributed by atoms with E-state index < -0.39 is 13.9 Å². The molecule has 0 bridgehead atoms. The fourth-order valence-electron chi connectivity index (χ4n) is 2.28. The average Bonchev–Trinajstić information content (AvgIpc) is 3.34. The van der Waals surface area contributed by atoms with Gasteiger partial charge in [0.25, 0.3) is 0 Å². The van der Waals surface area contributed by atoms with Crippen LogP contribution < -0.4 is 5.73 Å². The number of nitrogens with two attached hydrogens (primary N) is 1. The van der Waals surface area contributed by atoms with Crippen molar-refractivity contribution < 1.29 is 23.9 Å². The second kappa shape index (κ2) is 5.76. The molecule has 0 aromatic rings. The Morgan fingerprint density at radius 3 is 1.78 bits per heavy atom. The van der Waals surface area contributed by atoms with Crippen LogP contribution in [0.15, 0.2) is 23.2 Å². The van der Waals surface area contributed by atoms with Crippen molar-refractivity contribution in [2.75, 3.05) is 45.6 Å². The van der Waals surface area contributed by atoms with Crippen LogP contribution in [0.2, 0.25) is 0 Å². The first kappa shape index (κ1) is 16.2. The van der Waals surface area contributed by atoms with E-state index in [-0.39, 0.29) is 11.6 Å². The van der Waals surface area contributed by atoms with Gasteiger partial charge in [-0.1, -0.05) is 0 Å². The molecule has 1 aliphatic carbocycles. The maximum atomic E-state index is 12.4. The van der Waals surface area contributed by atoms with Gasteiger partial charge in [-0.3, -0.25) is 14.2 Å². The summed E-state index contributed by atoms with van der Waals surface area (Å²) in [7, 11) is -3.87. The third kappa shape index (κ3) is 3.81. The minimum Gasteiger partial charge on any atom is -0.365 e. The first-order chi connectivity index (χ1) is 10.8. The van der Waals surface area contributed by atoms with Crippen molar-refractivity contribution in [3.8, 4) is 0 Å². The Morgan fingerprint density at radius 2 is 1.39 bits per heavy atom. The van der Waals surface area contributed by atoms with E-state index in [0.717, 1.165) is 39.3 Å². The lowest BCUT2D eigenvalue weighted by Crippen LogP contribution is -2.29. The molecule has 0 radical (unpaired) electrons. The second-order valence-corrected chi connectivity index (χ2v) is 7.42. The highest BCUT2D eigenvalue weighted by Gasteiger charge is 2.43. The van der Waals surface area contributed by atoms with Gasteiger partial charge in [0.15, 0.2) is 0 Å². The largest absolute Gasteiger partial charge is 0.365 e. The number of rotatable bonds is 4. The Kier molecular flexibility index (Phi) is 4.05. The molecule has 0 amide bonds. The molecule has 3 heterocycles. The van der Waals surface area contributed by atoms with Crippen molar-refractivity contribution in [1.82, 2.24) is 14.7 Å². The van der Waals surface area contributed by atoms with Crippen LogP contribution >= 0.6 is 7.60 Å². The zero-order chi connectivity index (χ0) is 16.8. The monoisotopic (exact) mass is 342 g/mol. The van der Waals surface area contributed by atoms with Gasteiger partial charge >= 0.3 is 7.60 Å². The summed E-state index contributed by atoms with van der Waals surface area (Å²) in [5, 5.41) is 0. The van der Waals surface area contributed by atoms with Crippen LogP contribution in [0.1, 0.15) is 0 Å². The van der Waals surface area contributed by atoms with Gasteiger partial charge in [0.05, 0.1) is 12.0 Å².